The number of fused-ring (bicyclic) bond motifs is 10. The van der Waals surface area contributed by atoms with Crippen LogP contribution in [0.25, 0.3) is 0 Å². The lowest BCUT2D eigenvalue weighted by Crippen LogP contribution is -2.39. The number of nitrogens with zero attached hydrogens (tertiary/aromatic N) is 1. The maximum atomic E-state index is 13.3. The molecular formula is C24H19NO. The molecule has 2 heteroatoms. The zero-order valence-corrected chi connectivity index (χ0v) is 14.6. The van der Waals surface area contributed by atoms with Gasteiger partial charge in [-0.3, -0.25) is 4.79 Å². The first-order valence-electron chi connectivity index (χ1n) is 9.35. The average Bonchev–Trinajstić information content (AvgIpc) is 3.19. The van der Waals surface area contributed by atoms with Crippen molar-refractivity contribution in [3.63, 3.8) is 0 Å². The van der Waals surface area contributed by atoms with Crippen LogP contribution in [-0.2, 0) is 6.42 Å². The van der Waals surface area contributed by atoms with Gasteiger partial charge in [0, 0.05) is 17.2 Å². The van der Waals surface area contributed by atoms with Gasteiger partial charge in [0.25, 0.3) is 5.91 Å². The Labute approximate surface area is 153 Å². The van der Waals surface area contributed by atoms with E-state index in [1.807, 2.05) is 12.1 Å². The van der Waals surface area contributed by atoms with Crippen molar-refractivity contribution in [2.75, 3.05) is 4.90 Å². The highest BCUT2D eigenvalue weighted by Gasteiger charge is 2.52. The van der Waals surface area contributed by atoms with Gasteiger partial charge in [-0.1, -0.05) is 60.2 Å². The number of carbonyl (C=O) groups excluding carboxylic acids is 1. The number of carbonyl (C=O) groups is 1. The van der Waals surface area contributed by atoms with E-state index in [9.17, 15) is 4.79 Å². The summed E-state index contributed by atoms with van der Waals surface area (Å²) in [5, 5.41) is 0. The Hall–Kier alpha value is -2.87. The Balaban J connectivity index is 1.66. The molecule has 2 aliphatic heterocycles. The lowest BCUT2D eigenvalue weighted by molar-refractivity contribution is 0.0981. The first kappa shape index (κ1) is 14.3. The van der Waals surface area contributed by atoms with E-state index in [0.29, 0.717) is 11.8 Å². The molecule has 0 aromatic heterocycles. The second-order valence-electron chi connectivity index (χ2n) is 7.81. The Kier molecular flexibility index (Phi) is 2.67. The van der Waals surface area contributed by atoms with E-state index in [2.05, 4.69) is 66.4 Å². The van der Waals surface area contributed by atoms with E-state index < -0.39 is 0 Å². The van der Waals surface area contributed by atoms with Crippen LogP contribution in [0.1, 0.15) is 50.1 Å². The first-order valence-corrected chi connectivity index (χ1v) is 9.35. The zero-order valence-electron chi connectivity index (χ0n) is 14.6. The minimum atomic E-state index is 0.145. The van der Waals surface area contributed by atoms with Crippen molar-refractivity contribution in [2.45, 2.75) is 25.3 Å². The fraction of sp³-hybridized carbons (Fsp3) is 0.208. The van der Waals surface area contributed by atoms with Gasteiger partial charge in [0.2, 0.25) is 0 Å². The van der Waals surface area contributed by atoms with Gasteiger partial charge in [-0.2, -0.15) is 0 Å². The van der Waals surface area contributed by atoms with E-state index in [4.69, 9.17) is 0 Å². The summed E-state index contributed by atoms with van der Waals surface area (Å²) >= 11 is 0. The number of amides is 1. The highest BCUT2D eigenvalue weighted by molar-refractivity contribution is 6.12. The molecule has 2 nitrogen and oxygen atoms in total. The van der Waals surface area contributed by atoms with E-state index in [1.54, 1.807) is 0 Å². The van der Waals surface area contributed by atoms with Crippen LogP contribution in [0.2, 0.25) is 0 Å². The molecule has 1 aliphatic carbocycles. The summed E-state index contributed by atoms with van der Waals surface area (Å²) in [4.78, 5) is 15.3. The summed E-state index contributed by atoms with van der Waals surface area (Å²) in [6.45, 7) is 2.14. The van der Waals surface area contributed by atoms with Crippen molar-refractivity contribution in [3.05, 3.63) is 100 Å². The quantitative estimate of drug-likeness (QED) is 0.564. The van der Waals surface area contributed by atoms with Crippen LogP contribution >= 0.6 is 0 Å². The highest BCUT2D eigenvalue weighted by atomic mass is 16.2. The van der Waals surface area contributed by atoms with Gasteiger partial charge in [0.1, 0.15) is 0 Å². The third kappa shape index (κ3) is 1.65. The monoisotopic (exact) mass is 337 g/mol. The number of hydrogen-bond acceptors (Lipinski definition) is 1. The van der Waals surface area contributed by atoms with Crippen LogP contribution in [0.4, 0.5) is 5.69 Å². The molecule has 0 spiro atoms. The van der Waals surface area contributed by atoms with Crippen molar-refractivity contribution in [3.8, 4) is 0 Å². The van der Waals surface area contributed by atoms with Gasteiger partial charge in [0.15, 0.2) is 0 Å². The molecule has 2 heterocycles. The maximum absolute atomic E-state index is 13.3. The fourth-order valence-electron chi connectivity index (χ4n) is 5.49. The number of anilines is 1. The Morgan fingerprint density at radius 2 is 1.65 bits per heavy atom. The zero-order chi connectivity index (χ0) is 17.4. The molecule has 0 bridgehead atoms. The molecule has 0 radical (unpaired) electrons. The molecule has 3 aromatic carbocycles. The van der Waals surface area contributed by atoms with Crippen LogP contribution < -0.4 is 4.90 Å². The number of aryl methyl sites for hydroxylation is 1. The summed E-state index contributed by atoms with van der Waals surface area (Å²) in [6, 6.07) is 23.7. The molecule has 3 aliphatic rings. The Bertz CT molecular complexity index is 1080. The fourth-order valence-corrected chi connectivity index (χ4v) is 5.49. The molecule has 0 fully saturated rings. The summed E-state index contributed by atoms with van der Waals surface area (Å²) in [6.07, 6.45) is 1.04. The largest absolute Gasteiger partial charge is 0.300 e. The van der Waals surface area contributed by atoms with E-state index in [-0.39, 0.29) is 11.9 Å². The molecule has 0 N–H and O–H groups in total. The van der Waals surface area contributed by atoms with Crippen LogP contribution in [0.15, 0.2) is 66.7 Å². The number of rotatable bonds is 0. The van der Waals surface area contributed by atoms with Crippen molar-refractivity contribution in [1.29, 1.82) is 0 Å². The maximum Gasteiger partial charge on any atom is 0.259 e. The normalized spacial score (nSPS) is 24.6. The van der Waals surface area contributed by atoms with Crippen LogP contribution in [0.5, 0.6) is 0 Å². The van der Waals surface area contributed by atoms with Crippen molar-refractivity contribution in [2.24, 2.45) is 5.92 Å². The molecular weight excluding hydrogens is 318 g/mol. The third-order valence-corrected chi connectivity index (χ3v) is 6.46. The molecule has 3 aromatic rings. The van der Waals surface area contributed by atoms with Crippen molar-refractivity contribution >= 4 is 11.6 Å². The molecule has 6 rings (SSSR count). The Morgan fingerprint density at radius 3 is 2.54 bits per heavy atom. The minimum Gasteiger partial charge on any atom is -0.300 e. The topological polar surface area (TPSA) is 20.3 Å². The summed E-state index contributed by atoms with van der Waals surface area (Å²) in [5.74, 6) is 0.945. The SMILES string of the molecule is Cc1ccc2c(c1)C1c3ccccc3CC1C1c3ccccc3C(=O)N21. The van der Waals surface area contributed by atoms with E-state index in [1.165, 1.54) is 27.8 Å². The second-order valence-corrected chi connectivity index (χ2v) is 7.81. The minimum absolute atomic E-state index is 0.145. The summed E-state index contributed by atoms with van der Waals surface area (Å²) in [5.41, 5.74) is 8.63. The number of benzene rings is 3. The highest BCUT2D eigenvalue weighted by Crippen LogP contribution is 2.59. The molecule has 26 heavy (non-hydrogen) atoms. The van der Waals surface area contributed by atoms with Gasteiger partial charge in [-0.25, -0.2) is 0 Å². The molecule has 1 amide bonds. The van der Waals surface area contributed by atoms with E-state index >= 15 is 0 Å². The van der Waals surface area contributed by atoms with Gasteiger partial charge < -0.3 is 4.90 Å². The van der Waals surface area contributed by atoms with Crippen molar-refractivity contribution in [1.82, 2.24) is 0 Å². The summed E-state index contributed by atoms with van der Waals surface area (Å²) < 4.78 is 0. The standard InChI is InChI=1S/C24H19NO/c1-14-10-11-21-19(12-14)22-16-7-3-2-6-15(16)13-20(22)23-17-8-4-5-9-18(17)24(26)25(21)23/h2-12,20,22-23H,13H2,1H3. The van der Waals surface area contributed by atoms with Crippen LogP contribution in [-0.4, -0.2) is 5.91 Å². The van der Waals surface area contributed by atoms with Gasteiger partial charge in [-0.15, -0.1) is 0 Å². The van der Waals surface area contributed by atoms with Gasteiger partial charge in [-0.05, 0) is 53.6 Å². The number of hydrogen-bond donors (Lipinski definition) is 0. The van der Waals surface area contributed by atoms with E-state index in [0.717, 1.165) is 17.7 Å². The lowest BCUT2D eigenvalue weighted by atomic mass is 9.75. The molecule has 126 valence electrons. The molecule has 0 saturated carbocycles. The van der Waals surface area contributed by atoms with Gasteiger partial charge in [0.05, 0.1) is 6.04 Å². The third-order valence-electron chi connectivity index (χ3n) is 6.46. The average molecular weight is 337 g/mol. The molecule has 3 atom stereocenters. The Morgan fingerprint density at radius 1 is 0.885 bits per heavy atom. The van der Waals surface area contributed by atoms with Crippen molar-refractivity contribution < 1.29 is 4.79 Å². The second kappa shape index (κ2) is 4.85. The van der Waals surface area contributed by atoms with Gasteiger partial charge >= 0.3 is 0 Å². The predicted molar refractivity (Wildman–Crippen MR) is 103 cm³/mol. The summed E-state index contributed by atoms with van der Waals surface area (Å²) in [7, 11) is 0. The molecule has 3 unspecified atom stereocenters. The lowest BCUT2D eigenvalue weighted by Gasteiger charge is -2.41. The van der Waals surface area contributed by atoms with Crippen LogP contribution in [0, 0.1) is 12.8 Å². The predicted octanol–water partition coefficient (Wildman–Crippen LogP) is 5.01. The first-order chi connectivity index (χ1) is 12.7. The smallest absolute Gasteiger partial charge is 0.259 e. The van der Waals surface area contributed by atoms with Crippen LogP contribution in [0.3, 0.4) is 0 Å². The molecule has 0 saturated heterocycles.